The van der Waals surface area contributed by atoms with Gasteiger partial charge >= 0.3 is 5.97 Å². The summed E-state index contributed by atoms with van der Waals surface area (Å²) in [5.41, 5.74) is -0.316. The minimum absolute atomic E-state index is 0.164. The number of anilines is 1. The van der Waals surface area contributed by atoms with Crippen LogP contribution in [-0.2, 0) is 14.3 Å². The zero-order valence-corrected chi connectivity index (χ0v) is 17.0. The van der Waals surface area contributed by atoms with Crippen LogP contribution in [0.4, 0.5) is 5.69 Å². The summed E-state index contributed by atoms with van der Waals surface area (Å²) in [7, 11) is 3.05. The van der Waals surface area contributed by atoms with Gasteiger partial charge in [0.15, 0.2) is 6.61 Å². The molecule has 1 aromatic rings. The summed E-state index contributed by atoms with van der Waals surface area (Å²) in [4.78, 5) is 24.8. The number of hydrogen-bond donors (Lipinski definition) is 2. The highest BCUT2D eigenvalue weighted by atomic mass is 16.5. The van der Waals surface area contributed by atoms with Gasteiger partial charge in [0.1, 0.15) is 11.5 Å². The van der Waals surface area contributed by atoms with Crippen LogP contribution in [0.2, 0.25) is 0 Å². The van der Waals surface area contributed by atoms with Crippen LogP contribution < -0.4 is 14.8 Å². The lowest BCUT2D eigenvalue weighted by Gasteiger charge is -2.60. The molecule has 4 saturated carbocycles. The molecule has 7 heteroatoms. The third-order valence-electron chi connectivity index (χ3n) is 6.72. The molecular formula is C22H29NO6. The largest absolute Gasteiger partial charge is 0.497 e. The molecule has 4 aliphatic rings. The van der Waals surface area contributed by atoms with Crippen molar-refractivity contribution in [2.75, 3.05) is 26.1 Å². The van der Waals surface area contributed by atoms with Crippen LogP contribution in [0.15, 0.2) is 18.2 Å². The summed E-state index contributed by atoms with van der Waals surface area (Å²) in [5.74, 6) is 1.29. The minimum Gasteiger partial charge on any atom is -0.497 e. The second-order valence-corrected chi connectivity index (χ2v) is 9.14. The maximum absolute atomic E-state index is 12.5. The lowest BCUT2D eigenvalue weighted by atomic mass is 9.47. The normalized spacial score (nSPS) is 32.0. The number of rotatable bonds is 7. The van der Waals surface area contributed by atoms with E-state index >= 15 is 0 Å². The molecule has 158 valence electrons. The Kier molecular flexibility index (Phi) is 5.19. The van der Waals surface area contributed by atoms with E-state index in [1.165, 1.54) is 20.6 Å². The number of hydrogen-bond acceptors (Lipinski definition) is 6. The Hall–Kier alpha value is -2.28. The van der Waals surface area contributed by atoms with Crippen LogP contribution in [-0.4, -0.2) is 43.4 Å². The van der Waals surface area contributed by atoms with Crippen molar-refractivity contribution >= 4 is 17.6 Å². The van der Waals surface area contributed by atoms with Crippen molar-refractivity contribution in [1.82, 2.24) is 0 Å². The first kappa shape index (κ1) is 20.0. The summed E-state index contributed by atoms with van der Waals surface area (Å²) >= 11 is 0. The second-order valence-electron chi connectivity index (χ2n) is 9.14. The average Bonchev–Trinajstić information content (AvgIpc) is 2.64. The van der Waals surface area contributed by atoms with E-state index in [1.54, 1.807) is 18.2 Å². The number of carbonyl (C=O) groups excluding carboxylic acids is 2. The highest BCUT2D eigenvalue weighted by molar-refractivity contribution is 5.94. The maximum atomic E-state index is 12.5. The van der Waals surface area contributed by atoms with Crippen LogP contribution in [0.5, 0.6) is 11.5 Å². The van der Waals surface area contributed by atoms with Crippen molar-refractivity contribution in [2.24, 2.45) is 17.3 Å². The molecule has 4 aliphatic carbocycles. The van der Waals surface area contributed by atoms with Gasteiger partial charge in [-0.05, 0) is 67.9 Å². The molecule has 2 N–H and O–H groups in total. The Morgan fingerprint density at radius 1 is 1.14 bits per heavy atom. The number of aliphatic hydroxyl groups is 1. The average molecular weight is 403 g/mol. The first-order valence-corrected chi connectivity index (χ1v) is 10.2. The van der Waals surface area contributed by atoms with Crippen molar-refractivity contribution in [3.63, 3.8) is 0 Å². The maximum Gasteiger partial charge on any atom is 0.306 e. The van der Waals surface area contributed by atoms with Crippen LogP contribution in [0.3, 0.4) is 0 Å². The zero-order chi connectivity index (χ0) is 20.6. The molecule has 0 aromatic heterocycles. The highest BCUT2D eigenvalue weighted by Gasteiger charge is 2.57. The third-order valence-corrected chi connectivity index (χ3v) is 6.72. The molecule has 29 heavy (non-hydrogen) atoms. The van der Waals surface area contributed by atoms with E-state index in [9.17, 15) is 14.7 Å². The summed E-state index contributed by atoms with van der Waals surface area (Å²) in [6, 6.07) is 5.07. The molecule has 4 fully saturated rings. The fraction of sp³-hybridized carbons (Fsp3) is 0.636. The van der Waals surface area contributed by atoms with Gasteiger partial charge in [0.25, 0.3) is 5.91 Å². The Morgan fingerprint density at radius 2 is 1.86 bits per heavy atom. The van der Waals surface area contributed by atoms with Crippen molar-refractivity contribution < 1.29 is 28.9 Å². The Balaban J connectivity index is 1.32. The van der Waals surface area contributed by atoms with E-state index in [0.717, 1.165) is 25.7 Å². The summed E-state index contributed by atoms with van der Waals surface area (Å²) in [6.45, 7) is -0.355. The Labute approximate surface area is 170 Å². The molecule has 1 amide bonds. The van der Waals surface area contributed by atoms with Gasteiger partial charge in [-0.15, -0.1) is 0 Å². The Morgan fingerprint density at radius 3 is 2.48 bits per heavy atom. The Bertz CT molecular complexity index is 792. The van der Waals surface area contributed by atoms with E-state index in [-0.39, 0.29) is 24.4 Å². The number of methoxy groups -OCH3 is 2. The van der Waals surface area contributed by atoms with Crippen molar-refractivity contribution in [3.8, 4) is 11.5 Å². The molecule has 4 atom stereocenters. The predicted octanol–water partition coefficient (Wildman–Crippen LogP) is 2.91. The number of esters is 1. The van der Waals surface area contributed by atoms with E-state index in [0.29, 0.717) is 35.4 Å². The molecule has 0 aliphatic heterocycles. The second kappa shape index (κ2) is 7.52. The van der Waals surface area contributed by atoms with E-state index < -0.39 is 11.5 Å². The molecule has 0 radical (unpaired) electrons. The van der Waals surface area contributed by atoms with Crippen LogP contribution in [0.1, 0.15) is 44.9 Å². The van der Waals surface area contributed by atoms with E-state index in [1.807, 2.05) is 0 Å². The first-order chi connectivity index (χ1) is 13.8. The summed E-state index contributed by atoms with van der Waals surface area (Å²) < 4.78 is 15.7. The fourth-order valence-corrected chi connectivity index (χ4v) is 6.21. The lowest BCUT2D eigenvalue weighted by molar-refractivity contribution is -0.177. The molecule has 0 saturated heterocycles. The summed E-state index contributed by atoms with van der Waals surface area (Å²) in [6.07, 6.45) is 5.82. The quantitative estimate of drug-likeness (QED) is 0.680. The van der Waals surface area contributed by atoms with Crippen LogP contribution >= 0.6 is 0 Å². The van der Waals surface area contributed by atoms with Crippen LogP contribution in [0.25, 0.3) is 0 Å². The van der Waals surface area contributed by atoms with Gasteiger partial charge in [-0.1, -0.05) is 0 Å². The van der Waals surface area contributed by atoms with Gasteiger partial charge in [0.05, 0.1) is 31.9 Å². The first-order valence-electron chi connectivity index (χ1n) is 10.2. The smallest absolute Gasteiger partial charge is 0.306 e. The van der Waals surface area contributed by atoms with Gasteiger partial charge in [-0.3, -0.25) is 9.59 Å². The molecule has 7 nitrogen and oxygen atoms in total. The number of amides is 1. The van der Waals surface area contributed by atoms with Gasteiger partial charge in [0.2, 0.25) is 0 Å². The topological polar surface area (TPSA) is 94.1 Å². The highest BCUT2D eigenvalue weighted by Crippen LogP contribution is 2.62. The minimum atomic E-state index is -0.606. The number of ether oxygens (including phenoxy) is 3. The third kappa shape index (κ3) is 4.20. The van der Waals surface area contributed by atoms with Crippen molar-refractivity contribution in [2.45, 2.75) is 50.5 Å². The number of nitrogens with one attached hydrogen (secondary N) is 1. The van der Waals surface area contributed by atoms with Gasteiger partial charge in [-0.25, -0.2) is 0 Å². The number of benzene rings is 1. The van der Waals surface area contributed by atoms with Crippen molar-refractivity contribution in [1.29, 1.82) is 0 Å². The molecule has 0 spiro atoms. The van der Waals surface area contributed by atoms with E-state index in [2.05, 4.69) is 5.32 Å². The summed E-state index contributed by atoms with van der Waals surface area (Å²) in [5, 5.41) is 13.5. The van der Waals surface area contributed by atoms with Crippen LogP contribution in [0, 0.1) is 17.3 Å². The van der Waals surface area contributed by atoms with Gasteiger partial charge < -0.3 is 24.6 Å². The molecular weight excluding hydrogens is 374 g/mol. The molecule has 0 heterocycles. The molecule has 5 rings (SSSR count). The fourth-order valence-electron chi connectivity index (χ4n) is 6.21. The molecule has 4 bridgehead atoms. The predicted molar refractivity (Wildman–Crippen MR) is 106 cm³/mol. The van der Waals surface area contributed by atoms with E-state index in [4.69, 9.17) is 14.2 Å². The molecule has 2 unspecified atom stereocenters. The van der Waals surface area contributed by atoms with Gasteiger partial charge in [-0.2, -0.15) is 0 Å². The van der Waals surface area contributed by atoms with Gasteiger partial charge in [0, 0.05) is 6.07 Å². The zero-order valence-electron chi connectivity index (χ0n) is 17.0. The number of carbonyl (C=O) groups is 2. The lowest BCUT2D eigenvalue weighted by Crippen LogP contribution is -2.56. The SMILES string of the molecule is COc1ccc(OC)c(NC(=O)COC(=O)CC23C[C@@H]4C[C@@H](CC(O)(C4)C2)C3)c1. The molecule has 1 aromatic carbocycles. The standard InChI is InChI=1S/C22H29NO6/c1-27-16-3-4-18(28-2)17(6-16)23-19(24)12-29-20(25)11-21-7-14-5-15(8-21)10-22(26,9-14)13-21/h3-4,6,14-15,26H,5,7-13H2,1-2H3,(H,23,24)/t14-,15+,21?,22?. The van der Waals surface area contributed by atoms with Crippen molar-refractivity contribution in [3.05, 3.63) is 18.2 Å². The monoisotopic (exact) mass is 403 g/mol.